The van der Waals surface area contributed by atoms with E-state index in [0.717, 1.165) is 18.7 Å². The van der Waals surface area contributed by atoms with Gasteiger partial charge in [-0.1, -0.05) is 6.92 Å². The second kappa shape index (κ2) is 6.00. The molecular weight excluding hydrogens is 230 g/mol. The minimum atomic E-state index is -0.188. The zero-order valence-corrected chi connectivity index (χ0v) is 11.1. The van der Waals surface area contributed by atoms with E-state index >= 15 is 0 Å². The van der Waals surface area contributed by atoms with Crippen molar-refractivity contribution in [2.24, 2.45) is 0 Å². The highest BCUT2D eigenvalue weighted by atomic mass is 16.5. The number of carbonyl (C=O) groups excluding carboxylic acids is 1. The van der Waals surface area contributed by atoms with Crippen LogP contribution in [0.2, 0.25) is 0 Å². The van der Waals surface area contributed by atoms with Crippen molar-refractivity contribution >= 4 is 5.97 Å². The predicted octanol–water partition coefficient (Wildman–Crippen LogP) is 1.82. The number of ether oxygens (including phenoxy) is 1. The van der Waals surface area contributed by atoms with Gasteiger partial charge in [0.1, 0.15) is 0 Å². The monoisotopic (exact) mass is 251 g/mol. The number of hydrogen-bond acceptors (Lipinski definition) is 4. The Kier molecular flexibility index (Phi) is 4.36. The fourth-order valence-corrected chi connectivity index (χ4v) is 2.09. The van der Waals surface area contributed by atoms with Crippen molar-refractivity contribution in [1.29, 1.82) is 0 Å². The first-order valence-electron chi connectivity index (χ1n) is 6.58. The lowest BCUT2D eigenvalue weighted by Gasteiger charge is -2.19. The summed E-state index contributed by atoms with van der Waals surface area (Å²) in [5, 5.41) is 3.40. The first kappa shape index (κ1) is 13.1. The molecule has 2 rings (SSSR count). The minimum Gasteiger partial charge on any atom is -0.469 e. The van der Waals surface area contributed by atoms with Crippen LogP contribution in [0.4, 0.5) is 0 Å². The Morgan fingerprint density at radius 1 is 1.67 bits per heavy atom. The van der Waals surface area contributed by atoms with Gasteiger partial charge < -0.3 is 14.6 Å². The summed E-state index contributed by atoms with van der Waals surface area (Å²) in [6.45, 7) is 3.00. The third kappa shape index (κ3) is 3.10. The van der Waals surface area contributed by atoms with Gasteiger partial charge in [0.05, 0.1) is 31.6 Å². The van der Waals surface area contributed by atoms with Crippen LogP contribution < -0.4 is 5.32 Å². The lowest BCUT2D eigenvalue weighted by atomic mass is 10.1. The molecule has 18 heavy (non-hydrogen) atoms. The number of imidazole rings is 1. The Balaban J connectivity index is 2.10. The number of carbonyl (C=O) groups is 1. The lowest BCUT2D eigenvalue weighted by Crippen LogP contribution is -2.27. The van der Waals surface area contributed by atoms with Gasteiger partial charge in [-0.2, -0.15) is 0 Å². The summed E-state index contributed by atoms with van der Waals surface area (Å²) in [6, 6.07) is 0.576. The largest absolute Gasteiger partial charge is 0.469 e. The van der Waals surface area contributed by atoms with Crippen LogP contribution in [0.1, 0.15) is 50.4 Å². The molecule has 0 aliphatic heterocycles. The zero-order valence-electron chi connectivity index (χ0n) is 11.1. The minimum absolute atomic E-state index is 0.000463. The summed E-state index contributed by atoms with van der Waals surface area (Å²) >= 11 is 0. The summed E-state index contributed by atoms with van der Waals surface area (Å²) in [5.74, 6) is -0.188. The molecule has 0 aromatic carbocycles. The summed E-state index contributed by atoms with van der Waals surface area (Å²) in [7, 11) is 1.43. The highest BCUT2D eigenvalue weighted by Crippen LogP contribution is 2.37. The standard InChI is InChI=1S/C13H21N3O2/c1-3-6-15-11(7-13(17)18-2)12-8-14-9-16(12)10-4-5-10/h8-11,15H,3-7H2,1-2H3. The molecule has 100 valence electrons. The van der Waals surface area contributed by atoms with E-state index in [1.165, 1.54) is 20.0 Å². The molecule has 1 atom stereocenters. The molecule has 1 saturated carbocycles. The number of aromatic nitrogens is 2. The van der Waals surface area contributed by atoms with Crippen LogP contribution in [-0.2, 0) is 9.53 Å². The van der Waals surface area contributed by atoms with E-state index in [1.807, 2.05) is 12.5 Å². The van der Waals surface area contributed by atoms with Crippen LogP contribution in [0.3, 0.4) is 0 Å². The molecule has 1 aliphatic carbocycles. The van der Waals surface area contributed by atoms with Crippen LogP contribution in [0.5, 0.6) is 0 Å². The second-order valence-electron chi connectivity index (χ2n) is 4.74. The van der Waals surface area contributed by atoms with E-state index in [4.69, 9.17) is 4.74 Å². The van der Waals surface area contributed by atoms with Gasteiger partial charge in [-0.25, -0.2) is 4.98 Å². The summed E-state index contributed by atoms with van der Waals surface area (Å²) in [5.41, 5.74) is 1.09. The smallest absolute Gasteiger partial charge is 0.307 e. The highest BCUT2D eigenvalue weighted by Gasteiger charge is 2.28. The average Bonchev–Trinajstić information content (AvgIpc) is 3.12. The molecule has 5 heteroatoms. The van der Waals surface area contributed by atoms with Crippen molar-refractivity contribution in [1.82, 2.24) is 14.9 Å². The molecule has 1 aromatic rings. The third-order valence-corrected chi connectivity index (χ3v) is 3.23. The van der Waals surface area contributed by atoms with E-state index in [-0.39, 0.29) is 12.0 Å². The molecule has 0 spiro atoms. The van der Waals surface area contributed by atoms with Crippen molar-refractivity contribution in [3.63, 3.8) is 0 Å². The summed E-state index contributed by atoms with van der Waals surface area (Å²) in [6.07, 6.45) is 7.54. The number of nitrogens with one attached hydrogen (secondary N) is 1. The number of esters is 1. The van der Waals surface area contributed by atoms with Gasteiger partial charge in [0.15, 0.2) is 0 Å². The van der Waals surface area contributed by atoms with Crippen molar-refractivity contribution in [3.8, 4) is 0 Å². The van der Waals surface area contributed by atoms with Crippen LogP contribution in [0.15, 0.2) is 12.5 Å². The molecule has 1 unspecified atom stereocenters. The van der Waals surface area contributed by atoms with Crippen LogP contribution in [0.25, 0.3) is 0 Å². The molecule has 5 nitrogen and oxygen atoms in total. The third-order valence-electron chi connectivity index (χ3n) is 3.23. The van der Waals surface area contributed by atoms with Gasteiger partial charge in [0.25, 0.3) is 0 Å². The molecule has 0 radical (unpaired) electrons. The molecule has 1 aliphatic rings. The SMILES string of the molecule is CCCNC(CC(=O)OC)c1cncn1C1CC1. The number of nitrogens with zero attached hydrogens (tertiary/aromatic N) is 2. The summed E-state index contributed by atoms with van der Waals surface area (Å²) < 4.78 is 6.96. The number of methoxy groups -OCH3 is 1. The first-order chi connectivity index (χ1) is 8.76. The quantitative estimate of drug-likeness (QED) is 0.751. The Morgan fingerprint density at radius 3 is 3.06 bits per heavy atom. The molecule has 0 bridgehead atoms. The fourth-order valence-electron chi connectivity index (χ4n) is 2.09. The maximum Gasteiger partial charge on any atom is 0.307 e. The first-order valence-corrected chi connectivity index (χ1v) is 6.58. The molecule has 1 fully saturated rings. The van der Waals surface area contributed by atoms with Gasteiger partial charge in [0.2, 0.25) is 0 Å². The maximum absolute atomic E-state index is 11.5. The summed E-state index contributed by atoms with van der Waals surface area (Å²) in [4.78, 5) is 15.7. The Bertz CT molecular complexity index is 399. The van der Waals surface area contributed by atoms with Crippen molar-refractivity contribution in [2.45, 2.75) is 44.7 Å². The van der Waals surface area contributed by atoms with Crippen molar-refractivity contribution in [2.75, 3.05) is 13.7 Å². The lowest BCUT2D eigenvalue weighted by molar-refractivity contribution is -0.141. The number of rotatable bonds is 7. The molecule has 0 amide bonds. The maximum atomic E-state index is 11.5. The van der Waals surface area contributed by atoms with E-state index in [1.54, 1.807) is 0 Å². The molecule has 1 heterocycles. The van der Waals surface area contributed by atoms with E-state index in [2.05, 4.69) is 21.8 Å². The van der Waals surface area contributed by atoms with Crippen LogP contribution in [-0.4, -0.2) is 29.2 Å². The highest BCUT2D eigenvalue weighted by molar-refractivity contribution is 5.70. The van der Waals surface area contributed by atoms with Crippen molar-refractivity contribution < 1.29 is 9.53 Å². The Morgan fingerprint density at radius 2 is 2.44 bits per heavy atom. The molecule has 1 N–H and O–H groups in total. The van der Waals surface area contributed by atoms with Crippen LogP contribution in [0, 0.1) is 0 Å². The van der Waals surface area contributed by atoms with E-state index in [0.29, 0.717) is 12.5 Å². The van der Waals surface area contributed by atoms with Gasteiger partial charge in [-0.15, -0.1) is 0 Å². The van der Waals surface area contributed by atoms with Gasteiger partial charge in [0, 0.05) is 12.2 Å². The van der Waals surface area contributed by atoms with Gasteiger partial charge >= 0.3 is 5.97 Å². The number of hydrogen-bond donors (Lipinski definition) is 1. The van der Waals surface area contributed by atoms with Crippen molar-refractivity contribution in [3.05, 3.63) is 18.2 Å². The fraction of sp³-hybridized carbons (Fsp3) is 0.692. The Hall–Kier alpha value is -1.36. The van der Waals surface area contributed by atoms with E-state index in [9.17, 15) is 4.79 Å². The Labute approximate surface area is 108 Å². The molecular formula is C13H21N3O2. The van der Waals surface area contributed by atoms with Gasteiger partial charge in [-0.05, 0) is 25.8 Å². The second-order valence-corrected chi connectivity index (χ2v) is 4.74. The predicted molar refractivity (Wildman–Crippen MR) is 68.2 cm³/mol. The normalized spacial score (nSPS) is 16.6. The molecule has 1 aromatic heterocycles. The average molecular weight is 251 g/mol. The van der Waals surface area contributed by atoms with Crippen LogP contribution >= 0.6 is 0 Å². The zero-order chi connectivity index (χ0) is 13.0. The van der Waals surface area contributed by atoms with Gasteiger partial charge in [-0.3, -0.25) is 4.79 Å². The topological polar surface area (TPSA) is 56.1 Å². The van der Waals surface area contributed by atoms with E-state index < -0.39 is 0 Å². The molecule has 0 saturated heterocycles.